The number of alkyl halides is 2. The monoisotopic (exact) mass is 241 g/mol. The third-order valence-electron chi connectivity index (χ3n) is 2.63. The molecule has 0 aliphatic heterocycles. The lowest BCUT2D eigenvalue weighted by molar-refractivity contribution is 0.0254. The van der Waals surface area contributed by atoms with Crippen LogP contribution in [0.3, 0.4) is 0 Å². The summed E-state index contributed by atoms with van der Waals surface area (Å²) in [5.74, 6) is -3.57. The van der Waals surface area contributed by atoms with Crippen LogP contribution in [0.4, 0.5) is 8.78 Å². The van der Waals surface area contributed by atoms with Crippen molar-refractivity contribution in [3.05, 3.63) is 0 Å². The fraction of sp³-hybridized carbons (Fsp3) is 1.00. The molecule has 0 aromatic carbocycles. The third-order valence-corrected chi connectivity index (χ3v) is 3.30. The molecule has 0 aromatic rings. The fourth-order valence-corrected chi connectivity index (χ4v) is 2.37. The van der Waals surface area contributed by atoms with Crippen molar-refractivity contribution in [2.45, 2.75) is 31.6 Å². The number of nitrogens with one attached hydrogen (secondary N) is 1. The van der Waals surface area contributed by atoms with E-state index in [1.165, 1.54) is 12.8 Å². The van der Waals surface area contributed by atoms with E-state index < -0.39 is 29.3 Å². The van der Waals surface area contributed by atoms with Crippen molar-refractivity contribution in [1.82, 2.24) is 5.32 Å². The molecule has 90 valence electrons. The van der Waals surface area contributed by atoms with Crippen LogP contribution < -0.4 is 5.32 Å². The molecule has 6 heteroatoms. The average Bonchev–Trinajstić information content (AvgIpc) is 2.53. The maximum Gasteiger partial charge on any atom is 0.273 e. The van der Waals surface area contributed by atoms with E-state index in [0.717, 1.165) is 12.8 Å². The molecule has 15 heavy (non-hydrogen) atoms. The van der Waals surface area contributed by atoms with Crippen molar-refractivity contribution in [3.63, 3.8) is 0 Å². The van der Waals surface area contributed by atoms with Gasteiger partial charge in [0.25, 0.3) is 5.92 Å². The zero-order valence-electron chi connectivity index (χ0n) is 8.55. The van der Waals surface area contributed by atoms with Crippen LogP contribution in [-0.4, -0.2) is 33.5 Å². The van der Waals surface area contributed by atoms with Gasteiger partial charge in [-0.2, -0.15) is 0 Å². The van der Waals surface area contributed by atoms with Crippen molar-refractivity contribution in [2.75, 3.05) is 18.8 Å². The summed E-state index contributed by atoms with van der Waals surface area (Å²) < 4.78 is 44.5. The summed E-state index contributed by atoms with van der Waals surface area (Å²) in [6.45, 7) is 0.0868. The van der Waals surface area contributed by atoms with Gasteiger partial charge in [0.05, 0.1) is 6.54 Å². The Balaban J connectivity index is 2.14. The minimum atomic E-state index is -3.09. The number of hydrogen-bond acceptors (Lipinski definition) is 2. The van der Waals surface area contributed by atoms with Gasteiger partial charge in [-0.3, -0.25) is 0 Å². The van der Waals surface area contributed by atoms with Crippen LogP contribution in [0.15, 0.2) is 0 Å². The first-order chi connectivity index (χ1) is 6.99. The van der Waals surface area contributed by atoms with E-state index in [-0.39, 0.29) is 0 Å². The molecule has 1 aliphatic rings. The Kier molecular flexibility index (Phi) is 5.08. The van der Waals surface area contributed by atoms with Crippen molar-refractivity contribution in [2.24, 2.45) is 5.92 Å². The predicted molar refractivity (Wildman–Crippen MR) is 55.4 cm³/mol. The SMILES string of the molecule is O=S(O)CC(F)(F)CNCC1CCCC1. The Labute approximate surface area is 90.9 Å². The second kappa shape index (κ2) is 5.86. The Morgan fingerprint density at radius 1 is 1.40 bits per heavy atom. The van der Waals surface area contributed by atoms with Gasteiger partial charge >= 0.3 is 0 Å². The van der Waals surface area contributed by atoms with Crippen molar-refractivity contribution >= 4 is 11.1 Å². The third kappa shape index (κ3) is 5.53. The molecular weight excluding hydrogens is 224 g/mol. The summed E-state index contributed by atoms with van der Waals surface area (Å²) in [5, 5.41) is 2.68. The molecule has 0 radical (unpaired) electrons. The van der Waals surface area contributed by atoms with Crippen LogP contribution in [-0.2, 0) is 11.1 Å². The Bertz CT molecular complexity index is 220. The van der Waals surface area contributed by atoms with Gasteiger partial charge in [-0.15, -0.1) is 0 Å². The quantitative estimate of drug-likeness (QED) is 0.695. The standard InChI is InChI=1S/C9H17F2NO2S/c10-9(11,7-15(13)14)6-12-5-8-3-1-2-4-8/h8,12H,1-7H2,(H,13,14). The van der Waals surface area contributed by atoms with Gasteiger partial charge in [0.15, 0.2) is 11.1 Å². The van der Waals surface area contributed by atoms with Crippen LogP contribution in [0.2, 0.25) is 0 Å². The van der Waals surface area contributed by atoms with Gasteiger partial charge in [0, 0.05) is 0 Å². The Morgan fingerprint density at radius 2 is 2.00 bits per heavy atom. The first kappa shape index (κ1) is 13.0. The summed E-state index contributed by atoms with van der Waals surface area (Å²) >= 11 is -2.43. The number of rotatable bonds is 6. The van der Waals surface area contributed by atoms with E-state index >= 15 is 0 Å². The highest BCUT2D eigenvalue weighted by Crippen LogP contribution is 2.24. The molecule has 1 fully saturated rings. The van der Waals surface area contributed by atoms with Crippen LogP contribution in [0.5, 0.6) is 0 Å². The summed E-state index contributed by atoms with van der Waals surface area (Å²) in [6.07, 6.45) is 4.57. The molecule has 1 atom stereocenters. The van der Waals surface area contributed by atoms with E-state index in [4.69, 9.17) is 4.55 Å². The van der Waals surface area contributed by atoms with Gasteiger partial charge in [-0.05, 0) is 25.3 Å². The van der Waals surface area contributed by atoms with Crippen LogP contribution in [0.1, 0.15) is 25.7 Å². The molecule has 1 aliphatic carbocycles. The van der Waals surface area contributed by atoms with Crippen molar-refractivity contribution < 1.29 is 17.5 Å². The number of halogens is 2. The van der Waals surface area contributed by atoms with E-state index in [1.54, 1.807) is 0 Å². The van der Waals surface area contributed by atoms with Gasteiger partial charge in [-0.1, -0.05) is 12.8 Å². The molecular formula is C9H17F2NO2S. The van der Waals surface area contributed by atoms with E-state index in [2.05, 4.69) is 5.32 Å². The summed E-state index contributed by atoms with van der Waals surface area (Å²) in [5.41, 5.74) is 0. The van der Waals surface area contributed by atoms with Crippen molar-refractivity contribution in [1.29, 1.82) is 0 Å². The minimum Gasteiger partial charge on any atom is -0.311 e. The second-order valence-corrected chi connectivity index (χ2v) is 5.03. The first-order valence-corrected chi connectivity index (χ1v) is 6.43. The van der Waals surface area contributed by atoms with Gasteiger partial charge in [-0.25, -0.2) is 13.0 Å². The van der Waals surface area contributed by atoms with Gasteiger partial charge in [0.1, 0.15) is 5.75 Å². The zero-order valence-corrected chi connectivity index (χ0v) is 9.36. The highest BCUT2D eigenvalue weighted by atomic mass is 32.2. The topological polar surface area (TPSA) is 49.3 Å². The first-order valence-electron chi connectivity index (χ1n) is 5.15. The molecule has 0 aromatic heterocycles. The lowest BCUT2D eigenvalue weighted by Crippen LogP contribution is -2.38. The zero-order chi connectivity index (χ0) is 11.3. The Hall–Kier alpha value is -0.0700. The average molecular weight is 241 g/mol. The van der Waals surface area contributed by atoms with E-state index in [0.29, 0.717) is 12.5 Å². The normalized spacial score (nSPS) is 20.7. The highest BCUT2D eigenvalue weighted by Gasteiger charge is 2.31. The molecule has 0 spiro atoms. The Morgan fingerprint density at radius 3 is 2.53 bits per heavy atom. The lowest BCUT2D eigenvalue weighted by Gasteiger charge is -2.16. The smallest absolute Gasteiger partial charge is 0.273 e. The fourth-order valence-electron chi connectivity index (χ4n) is 1.91. The van der Waals surface area contributed by atoms with E-state index in [9.17, 15) is 13.0 Å². The molecule has 0 bridgehead atoms. The summed E-state index contributed by atoms with van der Waals surface area (Å²) in [6, 6.07) is 0. The molecule has 1 saturated carbocycles. The van der Waals surface area contributed by atoms with Gasteiger partial charge < -0.3 is 9.87 Å². The molecule has 3 nitrogen and oxygen atoms in total. The maximum atomic E-state index is 12.9. The highest BCUT2D eigenvalue weighted by molar-refractivity contribution is 7.79. The maximum absolute atomic E-state index is 12.9. The molecule has 0 saturated heterocycles. The molecule has 0 amide bonds. The number of hydrogen-bond donors (Lipinski definition) is 2. The van der Waals surface area contributed by atoms with Gasteiger partial charge in [0.2, 0.25) is 0 Å². The van der Waals surface area contributed by atoms with Crippen LogP contribution in [0.25, 0.3) is 0 Å². The molecule has 1 unspecified atom stereocenters. The predicted octanol–water partition coefficient (Wildman–Crippen LogP) is 1.62. The minimum absolute atomic E-state index is 0.500. The van der Waals surface area contributed by atoms with Crippen molar-refractivity contribution in [3.8, 4) is 0 Å². The summed E-state index contributed by atoms with van der Waals surface area (Å²) in [7, 11) is 0. The molecule has 0 heterocycles. The summed E-state index contributed by atoms with van der Waals surface area (Å²) in [4.78, 5) is 0. The molecule has 1 rings (SSSR count). The van der Waals surface area contributed by atoms with Crippen LogP contribution >= 0.6 is 0 Å². The lowest BCUT2D eigenvalue weighted by atomic mass is 10.1. The van der Waals surface area contributed by atoms with Crippen LogP contribution in [0, 0.1) is 5.92 Å². The van der Waals surface area contributed by atoms with E-state index in [1.807, 2.05) is 0 Å². The molecule has 2 N–H and O–H groups in total. The largest absolute Gasteiger partial charge is 0.311 e. The second-order valence-electron chi connectivity index (χ2n) is 4.10.